The molecule has 0 N–H and O–H groups in total. The second-order valence-electron chi connectivity index (χ2n) is 5.72. The van der Waals surface area contributed by atoms with E-state index in [1.165, 1.54) is 6.07 Å². The number of Topliss-reactive ketones (excluding diaryl/α,β-unsaturated/α-hetero) is 1. The highest BCUT2D eigenvalue weighted by atomic mass is 35.5. The van der Waals surface area contributed by atoms with E-state index in [1.807, 2.05) is 0 Å². The van der Waals surface area contributed by atoms with Crippen molar-refractivity contribution in [1.29, 1.82) is 0 Å². The molecule has 1 aliphatic heterocycles. The van der Waals surface area contributed by atoms with E-state index in [9.17, 15) is 19.2 Å². The van der Waals surface area contributed by atoms with Crippen LogP contribution in [-0.4, -0.2) is 46.0 Å². The summed E-state index contributed by atoms with van der Waals surface area (Å²) in [5.74, 6) is -2.20. The quantitative estimate of drug-likeness (QED) is 0.481. The first-order valence-electron chi connectivity index (χ1n) is 7.47. The first-order chi connectivity index (χ1) is 11.0. The summed E-state index contributed by atoms with van der Waals surface area (Å²) in [6.07, 6.45) is 3.27. The molecule has 1 saturated heterocycles. The molecular weight excluding hydrogens is 320 g/mol. The molecule has 3 rings (SSSR count). The minimum atomic E-state index is -0.933. The maximum Gasteiger partial charge on any atom is 0.334 e. The molecule has 0 atom stereocenters. The van der Waals surface area contributed by atoms with E-state index in [1.54, 1.807) is 18.2 Å². The highest BCUT2D eigenvalue weighted by molar-refractivity contribution is 6.45. The molecular formula is C16H15ClN2O4. The number of rotatable bonds is 4. The van der Waals surface area contributed by atoms with Crippen LogP contribution in [0.4, 0.5) is 4.79 Å². The van der Waals surface area contributed by atoms with E-state index in [2.05, 4.69) is 0 Å². The van der Waals surface area contributed by atoms with Gasteiger partial charge in [-0.1, -0.05) is 36.6 Å². The summed E-state index contributed by atoms with van der Waals surface area (Å²) in [6.45, 7) is -0.451. The predicted octanol–water partition coefficient (Wildman–Crippen LogP) is 2.26. The molecule has 1 aromatic carbocycles. The van der Waals surface area contributed by atoms with Crippen molar-refractivity contribution in [2.75, 3.05) is 6.54 Å². The number of urea groups is 1. The van der Waals surface area contributed by atoms with Crippen LogP contribution in [0, 0.1) is 0 Å². The number of carbonyl (C=O) groups is 4. The van der Waals surface area contributed by atoms with Gasteiger partial charge in [-0.15, -0.1) is 0 Å². The molecule has 0 spiro atoms. The number of amides is 4. The Balaban J connectivity index is 1.77. The lowest BCUT2D eigenvalue weighted by Crippen LogP contribution is -2.41. The van der Waals surface area contributed by atoms with Gasteiger partial charge in [0, 0.05) is 16.6 Å². The van der Waals surface area contributed by atoms with Crippen LogP contribution in [0.15, 0.2) is 24.3 Å². The van der Waals surface area contributed by atoms with Gasteiger partial charge >= 0.3 is 17.8 Å². The molecule has 0 radical (unpaired) electrons. The van der Waals surface area contributed by atoms with Crippen LogP contribution in [0.25, 0.3) is 0 Å². The van der Waals surface area contributed by atoms with Crippen molar-refractivity contribution >= 4 is 35.2 Å². The van der Waals surface area contributed by atoms with Crippen molar-refractivity contribution < 1.29 is 19.2 Å². The van der Waals surface area contributed by atoms with Crippen LogP contribution >= 0.6 is 11.6 Å². The summed E-state index contributed by atoms with van der Waals surface area (Å²) < 4.78 is 0. The molecule has 0 bridgehead atoms. The maximum absolute atomic E-state index is 12.4. The van der Waals surface area contributed by atoms with Gasteiger partial charge in [-0.3, -0.25) is 19.3 Å². The zero-order chi connectivity index (χ0) is 16.6. The van der Waals surface area contributed by atoms with Crippen LogP contribution in [0.5, 0.6) is 0 Å². The number of benzene rings is 1. The van der Waals surface area contributed by atoms with Crippen molar-refractivity contribution in [1.82, 2.24) is 9.80 Å². The summed E-state index contributed by atoms with van der Waals surface area (Å²) in [5, 5.41) is 0.388. The average Bonchev–Trinajstić information content (AvgIpc) is 3.11. The van der Waals surface area contributed by atoms with E-state index in [4.69, 9.17) is 11.6 Å². The van der Waals surface area contributed by atoms with Gasteiger partial charge in [0.1, 0.15) is 0 Å². The van der Waals surface area contributed by atoms with Gasteiger partial charge in [0.05, 0.1) is 6.54 Å². The van der Waals surface area contributed by atoms with E-state index < -0.39 is 30.2 Å². The average molecular weight is 335 g/mol. The molecule has 6 nitrogen and oxygen atoms in total. The Morgan fingerprint density at radius 1 is 1.13 bits per heavy atom. The second-order valence-corrected chi connectivity index (χ2v) is 6.16. The van der Waals surface area contributed by atoms with E-state index in [-0.39, 0.29) is 6.04 Å². The van der Waals surface area contributed by atoms with Gasteiger partial charge in [0.2, 0.25) is 0 Å². The van der Waals surface area contributed by atoms with Crippen molar-refractivity contribution in [2.45, 2.75) is 31.7 Å². The fourth-order valence-electron chi connectivity index (χ4n) is 3.04. The van der Waals surface area contributed by atoms with Gasteiger partial charge in [0.15, 0.2) is 5.78 Å². The molecule has 2 fully saturated rings. The molecule has 4 amide bonds. The first-order valence-corrected chi connectivity index (χ1v) is 7.84. The first kappa shape index (κ1) is 15.7. The lowest BCUT2D eigenvalue weighted by atomic mass is 10.1. The third kappa shape index (κ3) is 2.86. The third-order valence-electron chi connectivity index (χ3n) is 4.22. The van der Waals surface area contributed by atoms with Crippen molar-refractivity contribution in [2.24, 2.45) is 0 Å². The smallest absolute Gasteiger partial charge is 0.292 e. The molecule has 1 aromatic rings. The van der Waals surface area contributed by atoms with Crippen LogP contribution < -0.4 is 0 Å². The standard InChI is InChI=1S/C16H15ClN2O4/c17-11-5-3-4-10(8-11)13(20)9-18-14(21)15(22)19(16(18)23)12-6-1-2-7-12/h3-5,8,12H,1-2,6-7,9H2. The fraction of sp³-hybridized carbons (Fsp3) is 0.375. The zero-order valence-corrected chi connectivity index (χ0v) is 13.1. The molecule has 1 heterocycles. The Morgan fingerprint density at radius 2 is 1.83 bits per heavy atom. The van der Waals surface area contributed by atoms with Gasteiger partial charge in [-0.05, 0) is 25.0 Å². The normalized spacial score (nSPS) is 19.1. The number of hydrogen-bond donors (Lipinski definition) is 0. The lowest BCUT2D eigenvalue weighted by Gasteiger charge is -2.20. The Morgan fingerprint density at radius 3 is 2.48 bits per heavy atom. The minimum Gasteiger partial charge on any atom is -0.292 e. The number of halogens is 1. The Kier molecular flexibility index (Phi) is 4.17. The predicted molar refractivity (Wildman–Crippen MR) is 82.0 cm³/mol. The largest absolute Gasteiger partial charge is 0.334 e. The molecule has 23 heavy (non-hydrogen) atoms. The van der Waals surface area contributed by atoms with Gasteiger partial charge in [-0.25, -0.2) is 9.69 Å². The molecule has 7 heteroatoms. The second kappa shape index (κ2) is 6.12. The van der Waals surface area contributed by atoms with E-state index in [0.29, 0.717) is 23.4 Å². The molecule has 2 aliphatic rings. The number of nitrogens with zero attached hydrogens (tertiary/aromatic N) is 2. The topological polar surface area (TPSA) is 74.8 Å². The summed E-state index contributed by atoms with van der Waals surface area (Å²) in [6, 6.07) is 5.32. The summed E-state index contributed by atoms with van der Waals surface area (Å²) in [5.41, 5.74) is 0.296. The van der Waals surface area contributed by atoms with Gasteiger partial charge in [0.25, 0.3) is 0 Å². The molecule has 0 aromatic heterocycles. The number of imide groups is 2. The number of carbonyl (C=O) groups excluding carboxylic acids is 4. The van der Waals surface area contributed by atoms with Crippen molar-refractivity contribution in [3.8, 4) is 0 Å². The maximum atomic E-state index is 12.4. The molecule has 1 aliphatic carbocycles. The van der Waals surface area contributed by atoms with Gasteiger partial charge in [-0.2, -0.15) is 0 Å². The lowest BCUT2D eigenvalue weighted by molar-refractivity contribution is -0.143. The fourth-order valence-corrected chi connectivity index (χ4v) is 3.23. The molecule has 1 saturated carbocycles. The van der Waals surface area contributed by atoms with Crippen LogP contribution in [0.3, 0.4) is 0 Å². The Labute approximate surface area is 138 Å². The van der Waals surface area contributed by atoms with Crippen LogP contribution in [0.2, 0.25) is 5.02 Å². The summed E-state index contributed by atoms with van der Waals surface area (Å²) in [7, 11) is 0. The van der Waals surface area contributed by atoms with Crippen LogP contribution in [-0.2, 0) is 9.59 Å². The summed E-state index contributed by atoms with van der Waals surface area (Å²) >= 11 is 5.83. The minimum absolute atomic E-state index is 0.231. The third-order valence-corrected chi connectivity index (χ3v) is 4.46. The highest BCUT2D eigenvalue weighted by Crippen LogP contribution is 2.27. The van der Waals surface area contributed by atoms with E-state index in [0.717, 1.165) is 22.6 Å². The SMILES string of the molecule is O=C(CN1C(=O)C(=O)N(C2CCCC2)C1=O)c1cccc(Cl)c1. The zero-order valence-electron chi connectivity index (χ0n) is 12.3. The van der Waals surface area contributed by atoms with Crippen molar-refractivity contribution in [3.63, 3.8) is 0 Å². The Hall–Kier alpha value is -2.21. The molecule has 120 valence electrons. The number of hydrogen-bond acceptors (Lipinski definition) is 4. The number of ketones is 1. The van der Waals surface area contributed by atoms with Crippen molar-refractivity contribution in [3.05, 3.63) is 34.9 Å². The van der Waals surface area contributed by atoms with E-state index >= 15 is 0 Å². The van der Waals surface area contributed by atoms with Crippen LogP contribution in [0.1, 0.15) is 36.0 Å². The molecule has 0 unspecified atom stereocenters. The Bertz CT molecular complexity index is 697. The summed E-state index contributed by atoms with van der Waals surface area (Å²) in [4.78, 5) is 50.5. The monoisotopic (exact) mass is 334 g/mol. The van der Waals surface area contributed by atoms with Gasteiger partial charge < -0.3 is 0 Å². The highest BCUT2D eigenvalue weighted by Gasteiger charge is 2.48.